The maximum Gasteiger partial charge on any atom is 0.118 e. The molecule has 4 rings (SSSR count). The number of hydrogen-bond acceptors (Lipinski definition) is 4. The molecule has 0 saturated carbocycles. The maximum absolute atomic E-state index is 9.02. The van der Waals surface area contributed by atoms with Crippen molar-refractivity contribution in [3.63, 3.8) is 0 Å². The molecule has 126 valence electrons. The molecule has 1 saturated heterocycles. The number of nitrogens with zero attached hydrogens (tertiary/aromatic N) is 3. The van der Waals surface area contributed by atoms with E-state index in [0.29, 0.717) is 11.5 Å². The molecular weight excluding hydrogens is 312 g/mol. The summed E-state index contributed by atoms with van der Waals surface area (Å²) in [5.41, 5.74) is 3.84. The summed E-state index contributed by atoms with van der Waals surface area (Å²) < 4.78 is 5.21. The van der Waals surface area contributed by atoms with Gasteiger partial charge in [0.1, 0.15) is 11.6 Å². The first-order valence-corrected chi connectivity index (χ1v) is 8.50. The van der Waals surface area contributed by atoms with Crippen molar-refractivity contribution in [2.75, 3.05) is 20.2 Å². The number of ether oxygens (including phenoxy) is 1. The Bertz CT molecular complexity index is 923. The van der Waals surface area contributed by atoms with E-state index in [2.05, 4.69) is 28.1 Å². The number of rotatable bonds is 4. The van der Waals surface area contributed by atoms with Crippen LogP contribution in [0.5, 0.6) is 5.75 Å². The Morgan fingerprint density at radius 2 is 2.12 bits per heavy atom. The van der Waals surface area contributed by atoms with Crippen LogP contribution in [0.2, 0.25) is 0 Å². The summed E-state index contributed by atoms with van der Waals surface area (Å²) in [6.45, 7) is 3.01. The molecule has 2 heterocycles. The Kier molecular flexibility index (Phi) is 4.12. The lowest BCUT2D eigenvalue weighted by molar-refractivity contribution is 0.325. The van der Waals surface area contributed by atoms with Gasteiger partial charge in [0.2, 0.25) is 0 Å². The predicted octanol–water partition coefficient (Wildman–Crippen LogP) is 3.43. The van der Waals surface area contributed by atoms with E-state index in [0.717, 1.165) is 48.7 Å². The van der Waals surface area contributed by atoms with E-state index in [4.69, 9.17) is 15.0 Å². The Morgan fingerprint density at radius 3 is 2.88 bits per heavy atom. The minimum absolute atomic E-state index is 0.413. The monoisotopic (exact) mass is 332 g/mol. The molecule has 1 aromatic heterocycles. The Balaban J connectivity index is 1.45. The lowest BCUT2D eigenvalue weighted by atomic mass is 10.1. The minimum Gasteiger partial charge on any atom is -0.497 e. The van der Waals surface area contributed by atoms with Crippen LogP contribution >= 0.6 is 0 Å². The Morgan fingerprint density at radius 1 is 1.28 bits per heavy atom. The molecule has 0 bridgehead atoms. The lowest BCUT2D eigenvalue weighted by Crippen LogP contribution is -2.19. The average Bonchev–Trinajstić information content (AvgIpc) is 3.28. The normalized spacial score (nSPS) is 17.7. The highest BCUT2D eigenvalue weighted by Crippen LogP contribution is 2.28. The number of fused-ring (bicyclic) bond motifs is 1. The second kappa shape index (κ2) is 6.58. The fourth-order valence-electron chi connectivity index (χ4n) is 3.48. The van der Waals surface area contributed by atoms with Gasteiger partial charge >= 0.3 is 0 Å². The van der Waals surface area contributed by atoms with E-state index in [1.807, 2.05) is 30.3 Å². The number of methoxy groups -OCH3 is 1. The van der Waals surface area contributed by atoms with E-state index < -0.39 is 0 Å². The molecule has 1 aliphatic heterocycles. The molecule has 1 unspecified atom stereocenters. The molecule has 0 aliphatic carbocycles. The molecule has 1 atom stereocenters. The van der Waals surface area contributed by atoms with Crippen LogP contribution in [0.15, 0.2) is 42.5 Å². The van der Waals surface area contributed by atoms with Crippen LogP contribution < -0.4 is 4.74 Å². The van der Waals surface area contributed by atoms with Gasteiger partial charge in [0.25, 0.3) is 0 Å². The van der Waals surface area contributed by atoms with Crippen molar-refractivity contribution in [2.24, 2.45) is 0 Å². The van der Waals surface area contributed by atoms with Gasteiger partial charge in [-0.3, -0.25) is 4.90 Å². The zero-order chi connectivity index (χ0) is 17.2. The standard InChI is InChI=1S/C20H20N4O/c1-25-17-5-2-14(3-6-17)12-24-9-8-16(13-24)20-22-18-7-4-15(11-21)10-19(18)23-20/h2-7,10,16H,8-9,12-13H2,1H3,(H,22,23). The zero-order valence-corrected chi connectivity index (χ0v) is 14.2. The molecule has 1 fully saturated rings. The van der Waals surface area contributed by atoms with E-state index >= 15 is 0 Å². The van der Waals surface area contributed by atoms with Gasteiger partial charge in [-0.25, -0.2) is 4.98 Å². The SMILES string of the molecule is COc1ccc(CN2CCC(c3nc4ccc(C#N)cc4[nH]3)C2)cc1. The number of likely N-dealkylation sites (tertiary alicyclic amines) is 1. The number of H-pyrrole nitrogens is 1. The third-order valence-electron chi connectivity index (χ3n) is 4.85. The van der Waals surface area contributed by atoms with E-state index in [1.165, 1.54) is 5.56 Å². The van der Waals surface area contributed by atoms with E-state index in [-0.39, 0.29) is 0 Å². The quantitative estimate of drug-likeness (QED) is 0.795. The van der Waals surface area contributed by atoms with Crippen molar-refractivity contribution in [3.8, 4) is 11.8 Å². The van der Waals surface area contributed by atoms with Crippen LogP contribution in [0.1, 0.15) is 29.3 Å². The molecule has 2 aromatic carbocycles. The Hall–Kier alpha value is -2.84. The van der Waals surface area contributed by atoms with Gasteiger partial charge in [0, 0.05) is 19.0 Å². The number of aromatic nitrogens is 2. The van der Waals surface area contributed by atoms with Crippen LogP contribution in [0.3, 0.4) is 0 Å². The molecule has 0 spiro atoms. The summed E-state index contributed by atoms with van der Waals surface area (Å²) in [5, 5.41) is 9.02. The molecule has 1 N–H and O–H groups in total. The number of imidazole rings is 1. The molecule has 1 aliphatic rings. The lowest BCUT2D eigenvalue weighted by Gasteiger charge is -2.15. The maximum atomic E-state index is 9.02. The number of aromatic amines is 1. The molecule has 5 heteroatoms. The summed E-state index contributed by atoms with van der Waals surface area (Å²) in [4.78, 5) is 10.6. The minimum atomic E-state index is 0.413. The number of benzene rings is 2. The summed E-state index contributed by atoms with van der Waals surface area (Å²) in [6, 6.07) is 16.0. The van der Waals surface area contributed by atoms with Gasteiger partial charge < -0.3 is 9.72 Å². The van der Waals surface area contributed by atoms with Gasteiger partial charge in [-0.2, -0.15) is 5.26 Å². The van der Waals surface area contributed by atoms with Gasteiger partial charge in [-0.15, -0.1) is 0 Å². The first-order valence-electron chi connectivity index (χ1n) is 8.50. The Labute approximate surface area is 146 Å². The van der Waals surface area contributed by atoms with Crippen molar-refractivity contribution in [1.82, 2.24) is 14.9 Å². The van der Waals surface area contributed by atoms with Crippen molar-refractivity contribution >= 4 is 11.0 Å². The third kappa shape index (κ3) is 3.21. The van der Waals surface area contributed by atoms with Gasteiger partial charge in [-0.05, 0) is 48.9 Å². The number of hydrogen-bond donors (Lipinski definition) is 1. The fourth-order valence-corrected chi connectivity index (χ4v) is 3.48. The highest BCUT2D eigenvalue weighted by molar-refractivity contribution is 5.76. The van der Waals surface area contributed by atoms with Crippen LogP contribution in [0.4, 0.5) is 0 Å². The summed E-state index contributed by atoms with van der Waals surface area (Å²) >= 11 is 0. The molecule has 5 nitrogen and oxygen atoms in total. The number of nitrogens with one attached hydrogen (secondary N) is 1. The van der Waals surface area contributed by atoms with E-state index in [9.17, 15) is 0 Å². The van der Waals surface area contributed by atoms with Gasteiger partial charge in [0.15, 0.2) is 0 Å². The van der Waals surface area contributed by atoms with E-state index in [1.54, 1.807) is 7.11 Å². The van der Waals surface area contributed by atoms with Crippen molar-refractivity contribution in [2.45, 2.75) is 18.9 Å². The summed E-state index contributed by atoms with van der Waals surface area (Å²) in [7, 11) is 1.69. The second-order valence-electron chi connectivity index (χ2n) is 6.53. The molecule has 3 aromatic rings. The fraction of sp³-hybridized carbons (Fsp3) is 0.300. The highest BCUT2D eigenvalue weighted by Gasteiger charge is 2.26. The average molecular weight is 332 g/mol. The van der Waals surface area contributed by atoms with Crippen LogP contribution in [-0.2, 0) is 6.54 Å². The van der Waals surface area contributed by atoms with Crippen LogP contribution in [0, 0.1) is 11.3 Å². The predicted molar refractivity (Wildman–Crippen MR) is 96.4 cm³/mol. The van der Waals surface area contributed by atoms with Crippen molar-refractivity contribution < 1.29 is 4.74 Å². The van der Waals surface area contributed by atoms with Crippen molar-refractivity contribution in [3.05, 3.63) is 59.4 Å². The van der Waals surface area contributed by atoms with Crippen molar-refractivity contribution in [1.29, 1.82) is 5.26 Å². The highest BCUT2D eigenvalue weighted by atomic mass is 16.5. The number of nitriles is 1. The largest absolute Gasteiger partial charge is 0.497 e. The molecular formula is C20H20N4O. The first-order chi connectivity index (χ1) is 12.2. The smallest absolute Gasteiger partial charge is 0.118 e. The third-order valence-corrected chi connectivity index (χ3v) is 4.85. The summed E-state index contributed by atoms with van der Waals surface area (Å²) in [5.74, 6) is 2.33. The summed E-state index contributed by atoms with van der Waals surface area (Å²) in [6.07, 6.45) is 1.10. The van der Waals surface area contributed by atoms with Crippen LogP contribution in [-0.4, -0.2) is 35.1 Å². The topological polar surface area (TPSA) is 64.9 Å². The zero-order valence-electron chi connectivity index (χ0n) is 14.2. The molecule has 0 amide bonds. The molecule has 25 heavy (non-hydrogen) atoms. The second-order valence-corrected chi connectivity index (χ2v) is 6.53. The van der Waals surface area contributed by atoms with Crippen LogP contribution in [0.25, 0.3) is 11.0 Å². The molecule has 0 radical (unpaired) electrons. The first kappa shape index (κ1) is 15.7. The van der Waals surface area contributed by atoms with Gasteiger partial charge in [0.05, 0.1) is 29.8 Å². The van der Waals surface area contributed by atoms with Gasteiger partial charge in [-0.1, -0.05) is 12.1 Å².